The number of piperidine rings is 1. The van der Waals surface area contributed by atoms with E-state index >= 15 is 0 Å². The molecular weight excluding hydrogens is 418 g/mol. The van der Waals surface area contributed by atoms with Crippen molar-refractivity contribution in [3.8, 4) is 0 Å². The SMILES string of the molecule is CC(=O)c1cc2cc(CC(=O)N3CCC(CS(=O)(=O)C(C)(C)C)CC3)ccc2oc1=O. The molecule has 0 spiro atoms. The molecule has 0 bridgehead atoms. The Bertz CT molecular complexity index is 1160. The summed E-state index contributed by atoms with van der Waals surface area (Å²) in [5.74, 6) is -0.164. The fraction of sp³-hybridized carbons (Fsp3) is 0.522. The third kappa shape index (κ3) is 5.23. The van der Waals surface area contributed by atoms with Crippen LogP contribution in [0.15, 0.2) is 33.5 Å². The highest BCUT2D eigenvalue weighted by molar-refractivity contribution is 7.92. The van der Waals surface area contributed by atoms with Gasteiger partial charge in [-0.3, -0.25) is 9.59 Å². The first-order valence-corrected chi connectivity index (χ1v) is 12.1. The molecule has 0 aliphatic carbocycles. The number of sulfone groups is 1. The summed E-state index contributed by atoms with van der Waals surface area (Å²) in [5, 5.41) is 0.598. The summed E-state index contributed by atoms with van der Waals surface area (Å²) in [6, 6.07) is 6.62. The second kappa shape index (κ2) is 8.57. The van der Waals surface area contributed by atoms with Crippen molar-refractivity contribution >= 4 is 32.5 Å². The molecule has 31 heavy (non-hydrogen) atoms. The highest BCUT2D eigenvalue weighted by Gasteiger charge is 2.33. The zero-order chi connectivity index (χ0) is 23.0. The summed E-state index contributed by atoms with van der Waals surface area (Å²) >= 11 is 0. The Morgan fingerprint density at radius 1 is 1.13 bits per heavy atom. The molecule has 1 aliphatic rings. The maximum Gasteiger partial charge on any atom is 0.347 e. The van der Waals surface area contributed by atoms with Gasteiger partial charge in [0.15, 0.2) is 15.6 Å². The summed E-state index contributed by atoms with van der Waals surface area (Å²) in [6.07, 6.45) is 1.53. The van der Waals surface area contributed by atoms with Crippen LogP contribution >= 0.6 is 0 Å². The summed E-state index contributed by atoms with van der Waals surface area (Å²) in [7, 11) is -3.18. The summed E-state index contributed by atoms with van der Waals surface area (Å²) in [6.45, 7) is 7.54. The number of hydrogen-bond acceptors (Lipinski definition) is 6. The lowest BCUT2D eigenvalue weighted by Gasteiger charge is -2.33. The number of likely N-dealkylation sites (tertiary alicyclic amines) is 1. The smallest absolute Gasteiger partial charge is 0.347 e. The average molecular weight is 448 g/mol. The van der Waals surface area contributed by atoms with Crippen LogP contribution < -0.4 is 5.63 Å². The highest BCUT2D eigenvalue weighted by Crippen LogP contribution is 2.25. The summed E-state index contributed by atoms with van der Waals surface area (Å²) in [5.41, 5.74) is 0.453. The Morgan fingerprint density at radius 3 is 2.35 bits per heavy atom. The van der Waals surface area contributed by atoms with E-state index in [0.29, 0.717) is 36.9 Å². The van der Waals surface area contributed by atoms with Crippen molar-refractivity contribution < 1.29 is 22.4 Å². The van der Waals surface area contributed by atoms with Gasteiger partial charge in [0.05, 0.1) is 16.9 Å². The average Bonchev–Trinajstić information content (AvgIpc) is 2.66. The van der Waals surface area contributed by atoms with E-state index in [-0.39, 0.29) is 35.3 Å². The molecule has 8 heteroatoms. The molecule has 2 heterocycles. The van der Waals surface area contributed by atoms with Gasteiger partial charge in [-0.2, -0.15) is 0 Å². The van der Waals surface area contributed by atoms with Crippen molar-refractivity contribution in [2.45, 2.75) is 51.7 Å². The Hall–Kier alpha value is -2.48. The Labute approximate surface area is 182 Å². The number of carbonyl (C=O) groups is 2. The van der Waals surface area contributed by atoms with Crippen molar-refractivity contribution in [3.63, 3.8) is 0 Å². The highest BCUT2D eigenvalue weighted by atomic mass is 32.2. The van der Waals surface area contributed by atoms with Crippen molar-refractivity contribution in [2.24, 2.45) is 5.92 Å². The zero-order valence-corrected chi connectivity index (χ0v) is 19.3. The molecule has 1 saturated heterocycles. The van der Waals surface area contributed by atoms with Crippen LogP contribution in [-0.4, -0.2) is 48.6 Å². The number of nitrogens with zero attached hydrogens (tertiary/aromatic N) is 1. The second-order valence-electron chi connectivity index (χ2n) is 9.27. The summed E-state index contributed by atoms with van der Waals surface area (Å²) in [4.78, 5) is 38.0. The number of carbonyl (C=O) groups excluding carboxylic acids is 2. The number of rotatable bonds is 5. The lowest BCUT2D eigenvalue weighted by atomic mass is 9.98. The fourth-order valence-electron chi connectivity index (χ4n) is 3.72. The molecule has 0 unspecified atom stereocenters. The molecule has 0 saturated carbocycles. The van der Waals surface area contributed by atoms with Crippen LogP contribution in [0.3, 0.4) is 0 Å². The van der Waals surface area contributed by atoms with E-state index in [9.17, 15) is 22.8 Å². The van der Waals surface area contributed by atoms with Gasteiger partial charge in [0, 0.05) is 18.5 Å². The normalized spacial score (nSPS) is 15.9. The van der Waals surface area contributed by atoms with Gasteiger partial charge in [-0.05, 0) is 70.2 Å². The van der Waals surface area contributed by atoms with Crippen LogP contribution in [0.4, 0.5) is 0 Å². The van der Waals surface area contributed by atoms with Crippen LogP contribution in [0, 0.1) is 5.92 Å². The lowest BCUT2D eigenvalue weighted by Crippen LogP contribution is -2.42. The standard InChI is InChI=1S/C23H29NO6S/c1-15(25)19-13-18-11-17(5-6-20(18)30-22(19)27)12-21(26)24-9-7-16(8-10-24)14-31(28,29)23(2,3)4/h5-6,11,13,16H,7-10,12,14H2,1-4H3. The van der Waals surface area contributed by atoms with Crippen molar-refractivity contribution in [1.29, 1.82) is 0 Å². The molecule has 1 amide bonds. The molecule has 7 nitrogen and oxygen atoms in total. The molecule has 0 atom stereocenters. The first kappa shape index (κ1) is 23.2. The van der Waals surface area contributed by atoms with Crippen LogP contribution in [0.1, 0.15) is 56.5 Å². The van der Waals surface area contributed by atoms with Crippen molar-refractivity contribution in [1.82, 2.24) is 4.90 Å². The lowest BCUT2D eigenvalue weighted by molar-refractivity contribution is -0.131. The molecular formula is C23H29NO6S. The van der Waals surface area contributed by atoms with Gasteiger partial charge < -0.3 is 9.32 Å². The van der Waals surface area contributed by atoms with Crippen LogP contribution in [-0.2, 0) is 21.1 Å². The topological polar surface area (TPSA) is 102 Å². The van der Waals surface area contributed by atoms with Gasteiger partial charge in [-0.1, -0.05) is 6.07 Å². The number of ketones is 1. The predicted molar refractivity (Wildman–Crippen MR) is 119 cm³/mol. The second-order valence-corrected chi connectivity index (χ2v) is 12.1. The molecule has 2 aromatic rings. The molecule has 1 aromatic carbocycles. The fourth-order valence-corrected chi connectivity index (χ4v) is 5.18. The Balaban J connectivity index is 1.65. The Kier molecular flexibility index (Phi) is 6.41. The monoisotopic (exact) mass is 447 g/mol. The first-order chi connectivity index (χ1) is 14.4. The minimum Gasteiger partial charge on any atom is -0.422 e. The number of hydrogen-bond donors (Lipinski definition) is 0. The van der Waals surface area contributed by atoms with Crippen LogP contribution in [0.5, 0.6) is 0 Å². The molecule has 0 N–H and O–H groups in total. The molecule has 1 aliphatic heterocycles. The molecule has 1 fully saturated rings. The number of benzene rings is 1. The van der Waals surface area contributed by atoms with E-state index < -0.39 is 20.2 Å². The van der Waals surface area contributed by atoms with Gasteiger partial charge in [-0.15, -0.1) is 0 Å². The first-order valence-electron chi connectivity index (χ1n) is 10.5. The number of Topliss-reactive ketones (excluding diaryl/α,β-unsaturated/α-hetero) is 1. The third-order valence-corrected chi connectivity index (χ3v) is 8.66. The quantitative estimate of drug-likeness (QED) is 0.516. The van der Waals surface area contributed by atoms with E-state index in [1.54, 1.807) is 43.9 Å². The van der Waals surface area contributed by atoms with Gasteiger partial charge in [-0.25, -0.2) is 13.2 Å². The molecule has 168 valence electrons. The van der Waals surface area contributed by atoms with E-state index in [0.717, 1.165) is 5.56 Å². The minimum atomic E-state index is -3.18. The van der Waals surface area contributed by atoms with Gasteiger partial charge in [0.2, 0.25) is 5.91 Å². The third-order valence-electron chi connectivity index (χ3n) is 5.89. The van der Waals surface area contributed by atoms with Gasteiger partial charge in [0.25, 0.3) is 0 Å². The zero-order valence-electron chi connectivity index (χ0n) is 18.4. The van der Waals surface area contributed by atoms with E-state index in [4.69, 9.17) is 4.42 Å². The molecule has 3 rings (SSSR count). The van der Waals surface area contributed by atoms with Crippen molar-refractivity contribution in [2.75, 3.05) is 18.8 Å². The van der Waals surface area contributed by atoms with Crippen molar-refractivity contribution in [3.05, 3.63) is 45.8 Å². The minimum absolute atomic E-state index is 0.0109. The summed E-state index contributed by atoms with van der Waals surface area (Å²) < 4.78 is 29.3. The maximum atomic E-state index is 12.8. The van der Waals surface area contributed by atoms with Gasteiger partial charge >= 0.3 is 5.63 Å². The maximum absolute atomic E-state index is 12.8. The van der Waals surface area contributed by atoms with E-state index in [1.165, 1.54) is 13.0 Å². The van der Waals surface area contributed by atoms with Gasteiger partial charge in [0.1, 0.15) is 11.1 Å². The number of amides is 1. The van der Waals surface area contributed by atoms with E-state index in [1.807, 2.05) is 0 Å². The molecule has 0 radical (unpaired) electrons. The van der Waals surface area contributed by atoms with Crippen LogP contribution in [0.2, 0.25) is 0 Å². The predicted octanol–water partition coefficient (Wildman–Crippen LogP) is 2.99. The molecule has 1 aromatic heterocycles. The Morgan fingerprint density at radius 2 is 1.77 bits per heavy atom. The van der Waals surface area contributed by atoms with E-state index in [2.05, 4.69) is 0 Å². The van der Waals surface area contributed by atoms with Crippen LogP contribution in [0.25, 0.3) is 11.0 Å². The number of fused-ring (bicyclic) bond motifs is 1. The largest absolute Gasteiger partial charge is 0.422 e.